The summed E-state index contributed by atoms with van der Waals surface area (Å²) in [7, 11) is 6.88. The minimum atomic E-state index is -0.577. The van der Waals surface area contributed by atoms with E-state index < -0.39 is 11.7 Å². The second-order valence-electron chi connectivity index (χ2n) is 22.6. The lowest BCUT2D eigenvalue weighted by Crippen LogP contribution is -2.43. The number of aliphatic hydroxyl groups is 1. The van der Waals surface area contributed by atoms with Crippen LogP contribution in [0, 0.1) is 6.92 Å². The molecule has 0 saturated carbocycles. The van der Waals surface area contributed by atoms with E-state index >= 15 is 0 Å². The number of amides is 9. The fourth-order valence-corrected chi connectivity index (χ4v) is 9.28. The Bertz CT molecular complexity index is 2920. The topological polar surface area (TPSA) is 306 Å². The number of aryl methyl sites for hydroxylation is 1. The number of likely N-dealkylation sites (tertiary alicyclic amines) is 1. The van der Waals surface area contributed by atoms with Crippen LogP contribution in [0.1, 0.15) is 122 Å². The van der Waals surface area contributed by atoms with Gasteiger partial charge in [0.2, 0.25) is 30.5 Å². The van der Waals surface area contributed by atoms with Crippen molar-refractivity contribution in [1.29, 1.82) is 0 Å². The summed E-state index contributed by atoms with van der Waals surface area (Å²) in [5, 5.41) is 18.7. The van der Waals surface area contributed by atoms with Crippen molar-refractivity contribution in [1.82, 2.24) is 35.6 Å². The molecule has 5 N–H and O–H groups in total. The highest BCUT2D eigenvalue weighted by Gasteiger charge is 2.34. The van der Waals surface area contributed by atoms with Crippen molar-refractivity contribution >= 4 is 77.6 Å². The van der Waals surface area contributed by atoms with Crippen LogP contribution in [-0.2, 0) is 49.6 Å². The minimum Gasteiger partial charge on any atom is -0.493 e. The minimum absolute atomic E-state index is 0. The molecular formula is C65H96N10O16. The molecular weight excluding hydrogens is 1180 g/mol. The van der Waals surface area contributed by atoms with E-state index in [-0.39, 0.29) is 120 Å². The highest BCUT2D eigenvalue weighted by atomic mass is 16.6. The van der Waals surface area contributed by atoms with Crippen molar-refractivity contribution in [3.8, 4) is 23.0 Å². The van der Waals surface area contributed by atoms with Gasteiger partial charge in [-0.2, -0.15) is 0 Å². The zero-order valence-corrected chi connectivity index (χ0v) is 53.9. The Kier molecular flexibility index (Phi) is 33.3. The standard InChI is InChI=1S/C39H45N5O9.C14H23N3O4.C8H16N2O3.C3H8.CH4/c1-26-17-34(49-2)37(52-16-6-15-51-36-19-32-31(18-35(36)50-3)38(47)43-14-5-7-29(43)21-40-32)20-33(26)44(22-30-8-4-13-42(30)25-46)39(48)53-23-27-9-11-28(12-10-27)41-24-45;1-14(2,21-10-16(3)4)9-15-11(18)7-8-17-12(19)5-6-13(17)20;1-6(2)10-8(13)5-9-7(12)3-4-11;1-3-2;/h9-12,17-21,24-25,29-30H,4-8,13-16,22-23H2,1-3H3,(H,41,45);5-6H,7-10H2,1-4H3,(H,15,18);6,11H,3-5H2,1-2H3,(H,9,12)(H,10,13);3H2,1-2H3;1H4. The average molecular weight is 1270 g/mol. The molecule has 26 nitrogen and oxygen atoms in total. The summed E-state index contributed by atoms with van der Waals surface area (Å²) in [4.78, 5) is 118. The molecule has 7 rings (SSSR count). The SMILES string of the molecule is C.CC(C)NC(=O)CNC(=O)CCO.CCC.CN(C)COC(C)(C)CNC(=O)CCN1C(=O)C=CC1=O.COc1cc2c(cc1OCCCOc1cc(N(CC3CCCN3C=O)C(=O)OCc3ccc(NC=O)cc3)c(C)cc1OC)N=CC1CCCN1C2=O. The van der Waals surface area contributed by atoms with E-state index in [4.69, 9.17) is 33.5 Å². The molecule has 91 heavy (non-hydrogen) atoms. The van der Waals surface area contributed by atoms with Gasteiger partial charge in [0.1, 0.15) is 6.61 Å². The number of rotatable bonds is 29. The van der Waals surface area contributed by atoms with Crippen molar-refractivity contribution in [3.63, 3.8) is 0 Å². The summed E-state index contributed by atoms with van der Waals surface area (Å²) >= 11 is 0. The Morgan fingerprint density at radius 3 is 2.07 bits per heavy atom. The van der Waals surface area contributed by atoms with Crippen LogP contribution in [-0.4, -0.2) is 203 Å². The second kappa shape index (κ2) is 39.5. The summed E-state index contributed by atoms with van der Waals surface area (Å²) in [6.07, 6.45) is 10.4. The first kappa shape index (κ1) is 76.6. The predicted octanol–water partition coefficient (Wildman–Crippen LogP) is 6.31. The van der Waals surface area contributed by atoms with Crippen molar-refractivity contribution in [2.75, 3.05) is 104 Å². The number of carbonyl (C=O) groups excluding carboxylic acids is 9. The van der Waals surface area contributed by atoms with Crippen LogP contribution in [0.3, 0.4) is 0 Å². The van der Waals surface area contributed by atoms with Gasteiger partial charge in [0.05, 0.1) is 75.9 Å². The highest BCUT2D eigenvalue weighted by Crippen LogP contribution is 2.39. The van der Waals surface area contributed by atoms with Gasteiger partial charge in [0, 0.05) is 100 Å². The summed E-state index contributed by atoms with van der Waals surface area (Å²) in [5.41, 5.74) is 3.25. The number of aliphatic hydroxyl groups excluding tert-OH is 1. The second-order valence-corrected chi connectivity index (χ2v) is 22.6. The number of fused-ring (bicyclic) bond motifs is 2. The number of hydrogen-bond donors (Lipinski definition) is 5. The number of methoxy groups -OCH3 is 2. The van der Waals surface area contributed by atoms with Crippen molar-refractivity contribution in [3.05, 3.63) is 77.4 Å². The fourth-order valence-electron chi connectivity index (χ4n) is 9.28. The van der Waals surface area contributed by atoms with Crippen molar-refractivity contribution in [2.45, 2.75) is 138 Å². The van der Waals surface area contributed by atoms with E-state index in [1.165, 1.54) is 25.7 Å². The van der Waals surface area contributed by atoms with E-state index in [0.717, 1.165) is 48.1 Å². The Morgan fingerprint density at radius 1 is 0.835 bits per heavy atom. The zero-order valence-electron chi connectivity index (χ0n) is 53.9. The van der Waals surface area contributed by atoms with Gasteiger partial charge in [-0.15, -0.1) is 0 Å². The van der Waals surface area contributed by atoms with Crippen LogP contribution in [0.4, 0.5) is 21.9 Å². The molecule has 0 bridgehead atoms. The van der Waals surface area contributed by atoms with Crippen LogP contribution in [0.2, 0.25) is 0 Å². The molecule has 9 amide bonds. The number of imide groups is 1. The van der Waals surface area contributed by atoms with Gasteiger partial charge >= 0.3 is 6.09 Å². The number of nitrogens with zero attached hydrogens (tertiary/aromatic N) is 6. The fraction of sp³-hybridized carbons (Fsp3) is 0.538. The number of benzene rings is 3. The first-order valence-corrected chi connectivity index (χ1v) is 30.2. The molecule has 4 aliphatic rings. The third kappa shape index (κ3) is 25.3. The molecule has 2 fully saturated rings. The lowest BCUT2D eigenvalue weighted by atomic mass is 10.1. The summed E-state index contributed by atoms with van der Waals surface area (Å²) in [6.45, 7) is 16.4. The number of nitrogens with one attached hydrogen (secondary N) is 4. The Labute approximate surface area is 535 Å². The normalized spacial score (nSPS) is 15.2. The molecule has 4 aliphatic heterocycles. The monoisotopic (exact) mass is 1270 g/mol. The molecule has 0 aliphatic carbocycles. The smallest absolute Gasteiger partial charge is 0.414 e. The van der Waals surface area contributed by atoms with Gasteiger partial charge in [-0.05, 0) is 110 Å². The predicted molar refractivity (Wildman–Crippen MR) is 346 cm³/mol. The lowest BCUT2D eigenvalue weighted by molar-refractivity contribution is -0.137. The van der Waals surface area contributed by atoms with E-state index in [9.17, 15) is 43.2 Å². The van der Waals surface area contributed by atoms with Gasteiger partial charge in [-0.25, -0.2) is 4.79 Å². The van der Waals surface area contributed by atoms with Crippen LogP contribution in [0.5, 0.6) is 23.0 Å². The molecule has 2 saturated heterocycles. The van der Waals surface area contributed by atoms with Crippen molar-refractivity contribution in [2.24, 2.45) is 4.99 Å². The van der Waals surface area contributed by atoms with Gasteiger partial charge < -0.3 is 64.6 Å². The number of carbonyl (C=O) groups is 9. The van der Waals surface area contributed by atoms with Gasteiger partial charge in [0.25, 0.3) is 17.7 Å². The van der Waals surface area contributed by atoms with Gasteiger partial charge in [-0.1, -0.05) is 39.8 Å². The van der Waals surface area contributed by atoms with E-state index in [1.54, 1.807) is 65.4 Å². The number of hydrogen-bond acceptors (Lipinski definition) is 18. The molecule has 3 aromatic rings. The molecule has 2 unspecified atom stereocenters. The number of ether oxygens (including phenoxy) is 6. The Morgan fingerprint density at radius 2 is 1.46 bits per heavy atom. The maximum absolute atomic E-state index is 13.8. The van der Waals surface area contributed by atoms with Crippen LogP contribution in [0.25, 0.3) is 0 Å². The zero-order chi connectivity index (χ0) is 66.3. The Balaban J connectivity index is 0.000000466. The van der Waals surface area contributed by atoms with E-state index in [1.807, 2.05) is 64.7 Å². The molecule has 4 heterocycles. The summed E-state index contributed by atoms with van der Waals surface area (Å²) < 4.78 is 34.9. The van der Waals surface area contributed by atoms with Gasteiger partial charge in [-0.3, -0.25) is 58.0 Å². The quantitative estimate of drug-likeness (QED) is 0.0220. The first-order valence-electron chi connectivity index (χ1n) is 30.2. The maximum Gasteiger partial charge on any atom is 0.414 e. The maximum atomic E-state index is 13.8. The van der Waals surface area contributed by atoms with Crippen LogP contribution >= 0.6 is 0 Å². The molecule has 502 valence electrons. The molecule has 0 radical (unpaired) electrons. The average Bonchev–Trinajstić information content (AvgIpc) is 2.10. The first-order chi connectivity index (χ1) is 43.0. The number of anilines is 2. The molecule has 0 aromatic heterocycles. The largest absolute Gasteiger partial charge is 0.493 e. The third-order valence-electron chi connectivity index (χ3n) is 13.9. The lowest BCUT2D eigenvalue weighted by Gasteiger charge is -2.30. The van der Waals surface area contributed by atoms with E-state index in [0.29, 0.717) is 84.8 Å². The Hall–Kier alpha value is -8.62. The molecule has 26 heteroatoms. The van der Waals surface area contributed by atoms with Crippen LogP contribution in [0.15, 0.2) is 65.7 Å². The molecule has 0 spiro atoms. The van der Waals surface area contributed by atoms with Crippen molar-refractivity contribution < 1.29 is 76.7 Å². The summed E-state index contributed by atoms with van der Waals surface area (Å²) in [5.74, 6) is 0.295. The molecule has 3 aromatic carbocycles. The number of aliphatic imine (C=N–C) groups is 1. The van der Waals surface area contributed by atoms with Crippen LogP contribution < -0.4 is 45.1 Å². The molecule has 2 atom stereocenters. The highest BCUT2D eigenvalue weighted by molar-refractivity contribution is 6.13. The third-order valence-corrected chi connectivity index (χ3v) is 13.9. The van der Waals surface area contributed by atoms with E-state index in [2.05, 4.69) is 40.1 Å². The van der Waals surface area contributed by atoms with Gasteiger partial charge in [0.15, 0.2) is 23.0 Å². The summed E-state index contributed by atoms with van der Waals surface area (Å²) in [6, 6.07) is 13.9.